The highest BCUT2D eigenvalue weighted by Gasteiger charge is 2.16. The fourth-order valence-electron chi connectivity index (χ4n) is 1.34. The van der Waals surface area contributed by atoms with Crippen molar-refractivity contribution in [3.8, 4) is 0 Å². The van der Waals surface area contributed by atoms with Gasteiger partial charge in [0.15, 0.2) is 0 Å². The molecule has 1 heterocycles. The molecule has 1 unspecified atom stereocenters. The van der Waals surface area contributed by atoms with Crippen molar-refractivity contribution in [2.75, 3.05) is 13.6 Å². The summed E-state index contributed by atoms with van der Waals surface area (Å²) in [6.07, 6.45) is 1.79. The number of carbonyl (C=O) groups excluding carboxylic acids is 1. The van der Waals surface area contributed by atoms with Crippen LogP contribution in [0.15, 0.2) is 6.20 Å². The first-order valence-electron chi connectivity index (χ1n) is 5.87. The van der Waals surface area contributed by atoms with Crippen LogP contribution in [-0.4, -0.2) is 34.5 Å². The van der Waals surface area contributed by atoms with E-state index in [2.05, 4.69) is 34.8 Å². The van der Waals surface area contributed by atoms with Gasteiger partial charge >= 0.3 is 0 Å². The van der Waals surface area contributed by atoms with Gasteiger partial charge in [0.2, 0.25) is 5.91 Å². The minimum absolute atomic E-state index is 0.0281. The van der Waals surface area contributed by atoms with E-state index < -0.39 is 0 Å². The molecule has 6 heteroatoms. The van der Waals surface area contributed by atoms with E-state index in [4.69, 9.17) is 0 Å². The molecule has 0 radical (unpaired) electrons. The Kier molecular flexibility index (Phi) is 5.09. The summed E-state index contributed by atoms with van der Waals surface area (Å²) >= 11 is 0. The highest BCUT2D eigenvalue weighted by Crippen LogP contribution is 2.05. The van der Waals surface area contributed by atoms with E-state index in [1.54, 1.807) is 10.9 Å². The summed E-state index contributed by atoms with van der Waals surface area (Å²) in [6, 6.07) is -0.327. The van der Waals surface area contributed by atoms with E-state index in [9.17, 15) is 4.79 Å². The number of rotatable bonds is 6. The lowest BCUT2D eigenvalue weighted by molar-refractivity contribution is -0.124. The molecule has 0 aliphatic rings. The molecular formula is C11H21N5O. The smallest absolute Gasteiger partial charge is 0.244 e. The summed E-state index contributed by atoms with van der Waals surface area (Å²) in [5.41, 5.74) is 0.830. The molecule has 0 bridgehead atoms. The van der Waals surface area contributed by atoms with Crippen molar-refractivity contribution in [1.29, 1.82) is 0 Å². The Morgan fingerprint density at radius 1 is 1.47 bits per heavy atom. The molecule has 2 N–H and O–H groups in total. The molecular weight excluding hydrogens is 218 g/mol. The summed E-state index contributed by atoms with van der Waals surface area (Å²) in [6.45, 7) is 7.27. The van der Waals surface area contributed by atoms with Gasteiger partial charge in [0, 0.05) is 13.1 Å². The standard InChI is InChI=1S/C11H21N5O/c1-8(2)5-13-11(17)9(3)16-7-10(6-12-4)14-15-16/h7-9,12H,5-6H2,1-4H3,(H,13,17). The van der Waals surface area contributed by atoms with Gasteiger partial charge in [0.25, 0.3) is 0 Å². The normalized spacial score (nSPS) is 12.8. The lowest BCUT2D eigenvalue weighted by atomic mass is 10.2. The monoisotopic (exact) mass is 239 g/mol. The van der Waals surface area contributed by atoms with E-state index in [0.29, 0.717) is 19.0 Å². The molecule has 0 spiro atoms. The average Bonchev–Trinajstić information content (AvgIpc) is 2.74. The highest BCUT2D eigenvalue weighted by atomic mass is 16.2. The van der Waals surface area contributed by atoms with E-state index in [1.807, 2.05) is 14.0 Å². The molecule has 0 aliphatic carbocycles. The third-order valence-corrected chi connectivity index (χ3v) is 2.38. The van der Waals surface area contributed by atoms with Crippen molar-refractivity contribution in [2.24, 2.45) is 5.92 Å². The van der Waals surface area contributed by atoms with Crippen LogP contribution in [0.4, 0.5) is 0 Å². The molecule has 17 heavy (non-hydrogen) atoms. The zero-order valence-electron chi connectivity index (χ0n) is 10.9. The maximum atomic E-state index is 11.8. The van der Waals surface area contributed by atoms with Crippen LogP contribution in [0.2, 0.25) is 0 Å². The van der Waals surface area contributed by atoms with E-state index >= 15 is 0 Å². The molecule has 0 aromatic carbocycles. The second-order valence-corrected chi connectivity index (χ2v) is 4.54. The minimum atomic E-state index is -0.327. The summed E-state index contributed by atoms with van der Waals surface area (Å²) in [5.74, 6) is 0.418. The molecule has 0 aliphatic heterocycles. The quantitative estimate of drug-likeness (QED) is 0.750. The van der Waals surface area contributed by atoms with Crippen LogP contribution in [0, 0.1) is 5.92 Å². The molecule has 96 valence electrons. The maximum Gasteiger partial charge on any atom is 0.244 e. The van der Waals surface area contributed by atoms with E-state index in [0.717, 1.165) is 5.69 Å². The Balaban J connectivity index is 2.55. The number of nitrogens with zero attached hydrogens (tertiary/aromatic N) is 3. The predicted octanol–water partition coefficient (Wildman–Crippen LogP) is 0.331. The molecule has 0 saturated carbocycles. The number of hydrogen-bond acceptors (Lipinski definition) is 4. The van der Waals surface area contributed by atoms with Gasteiger partial charge in [-0.15, -0.1) is 5.10 Å². The van der Waals surface area contributed by atoms with Crippen LogP contribution in [0.3, 0.4) is 0 Å². The molecule has 1 rings (SSSR count). The van der Waals surface area contributed by atoms with Gasteiger partial charge in [-0.25, -0.2) is 4.68 Å². The number of nitrogens with one attached hydrogen (secondary N) is 2. The molecule has 6 nitrogen and oxygen atoms in total. The Morgan fingerprint density at radius 3 is 2.76 bits per heavy atom. The van der Waals surface area contributed by atoms with Crippen LogP contribution in [0.25, 0.3) is 0 Å². The van der Waals surface area contributed by atoms with Gasteiger partial charge in [0.05, 0.1) is 11.9 Å². The van der Waals surface area contributed by atoms with Gasteiger partial charge in [-0.3, -0.25) is 4.79 Å². The largest absolute Gasteiger partial charge is 0.354 e. The lowest BCUT2D eigenvalue weighted by Crippen LogP contribution is -2.33. The third kappa shape index (κ3) is 4.14. The summed E-state index contributed by atoms with van der Waals surface area (Å²) in [4.78, 5) is 11.8. The van der Waals surface area contributed by atoms with Crippen molar-refractivity contribution < 1.29 is 4.79 Å². The second-order valence-electron chi connectivity index (χ2n) is 4.54. The van der Waals surface area contributed by atoms with Crippen LogP contribution < -0.4 is 10.6 Å². The third-order valence-electron chi connectivity index (χ3n) is 2.38. The summed E-state index contributed by atoms with van der Waals surface area (Å²) in [7, 11) is 1.85. The van der Waals surface area contributed by atoms with Crippen molar-refractivity contribution in [2.45, 2.75) is 33.4 Å². The SMILES string of the molecule is CNCc1cn(C(C)C(=O)NCC(C)C)nn1. The Bertz CT molecular complexity index is 360. The Morgan fingerprint density at radius 2 is 2.18 bits per heavy atom. The fourth-order valence-corrected chi connectivity index (χ4v) is 1.34. The first kappa shape index (κ1) is 13.6. The number of carbonyl (C=O) groups is 1. The highest BCUT2D eigenvalue weighted by molar-refractivity contribution is 5.79. The molecule has 1 aromatic rings. The predicted molar refractivity (Wildman–Crippen MR) is 65.3 cm³/mol. The Labute approximate surface area is 102 Å². The molecule has 0 fully saturated rings. The first-order valence-corrected chi connectivity index (χ1v) is 5.87. The molecule has 1 amide bonds. The average molecular weight is 239 g/mol. The minimum Gasteiger partial charge on any atom is -0.354 e. The van der Waals surface area contributed by atoms with Gasteiger partial charge in [-0.1, -0.05) is 19.1 Å². The van der Waals surface area contributed by atoms with E-state index in [-0.39, 0.29) is 11.9 Å². The topological polar surface area (TPSA) is 71.8 Å². The first-order chi connectivity index (χ1) is 8.04. The van der Waals surface area contributed by atoms with Gasteiger partial charge in [-0.2, -0.15) is 0 Å². The van der Waals surface area contributed by atoms with Crippen molar-refractivity contribution in [3.63, 3.8) is 0 Å². The molecule has 0 saturated heterocycles. The van der Waals surface area contributed by atoms with Crippen LogP contribution >= 0.6 is 0 Å². The fraction of sp³-hybridized carbons (Fsp3) is 0.727. The van der Waals surface area contributed by atoms with Gasteiger partial charge in [0.1, 0.15) is 6.04 Å². The maximum absolute atomic E-state index is 11.8. The van der Waals surface area contributed by atoms with Crippen molar-refractivity contribution >= 4 is 5.91 Å². The summed E-state index contributed by atoms with van der Waals surface area (Å²) < 4.78 is 1.59. The van der Waals surface area contributed by atoms with Gasteiger partial charge < -0.3 is 10.6 Å². The number of amides is 1. The van der Waals surface area contributed by atoms with Gasteiger partial charge in [-0.05, 0) is 19.9 Å². The second kappa shape index (κ2) is 6.34. The summed E-state index contributed by atoms with van der Waals surface area (Å²) in [5, 5.41) is 13.8. The zero-order chi connectivity index (χ0) is 12.8. The van der Waals surface area contributed by atoms with Crippen LogP contribution in [0.5, 0.6) is 0 Å². The number of aromatic nitrogens is 3. The zero-order valence-corrected chi connectivity index (χ0v) is 10.9. The van der Waals surface area contributed by atoms with Crippen LogP contribution in [-0.2, 0) is 11.3 Å². The van der Waals surface area contributed by atoms with Crippen LogP contribution in [0.1, 0.15) is 32.5 Å². The van der Waals surface area contributed by atoms with Crippen molar-refractivity contribution in [1.82, 2.24) is 25.6 Å². The molecule has 1 aromatic heterocycles. The number of hydrogen-bond donors (Lipinski definition) is 2. The van der Waals surface area contributed by atoms with Crippen molar-refractivity contribution in [3.05, 3.63) is 11.9 Å². The Hall–Kier alpha value is -1.43. The lowest BCUT2D eigenvalue weighted by Gasteiger charge is -2.13. The van der Waals surface area contributed by atoms with E-state index in [1.165, 1.54) is 0 Å². The molecule has 1 atom stereocenters.